The van der Waals surface area contributed by atoms with E-state index in [4.69, 9.17) is 11.3 Å². The number of methoxy groups -OCH3 is 1. The van der Waals surface area contributed by atoms with E-state index in [2.05, 4.69) is 25.3 Å². The number of nitrogens with zero attached hydrogens (tertiary/aromatic N) is 10. The Bertz CT molecular complexity index is 2400. The average Bonchev–Trinajstić information content (AvgIpc) is 3.15. The van der Waals surface area contributed by atoms with Gasteiger partial charge in [0.05, 0.1) is 23.5 Å². The van der Waals surface area contributed by atoms with Crippen LogP contribution in [0.4, 0.5) is 39.8 Å². The average molecular weight is 816 g/mol. The van der Waals surface area contributed by atoms with Gasteiger partial charge < -0.3 is 20.1 Å². The molecular weight excluding hydrogens is 779 g/mol. The summed E-state index contributed by atoms with van der Waals surface area (Å²) in [7, 11) is 1.37. The van der Waals surface area contributed by atoms with E-state index in [1.54, 1.807) is 0 Å². The normalized spacial score (nSPS) is 10.6. The number of benzene rings is 2. The van der Waals surface area contributed by atoms with E-state index in [1.807, 2.05) is 19.9 Å². The summed E-state index contributed by atoms with van der Waals surface area (Å²) in [5.41, 5.74) is -1.82. The van der Waals surface area contributed by atoms with Crippen molar-refractivity contribution in [3.05, 3.63) is 105 Å². The molecule has 0 saturated carbocycles. The summed E-state index contributed by atoms with van der Waals surface area (Å²) in [6.07, 6.45) is 2.89. The van der Waals surface area contributed by atoms with Crippen LogP contribution in [0.1, 0.15) is 56.2 Å². The molecule has 4 rings (SSSR count). The minimum atomic E-state index is -0.650. The van der Waals surface area contributed by atoms with Crippen LogP contribution in [-0.2, 0) is 29.9 Å². The van der Waals surface area contributed by atoms with Gasteiger partial charge in [-0.3, -0.25) is 39.0 Å². The number of nitriles is 1. The number of unbranched alkanes of at least 4 members (excludes halogenated alkanes) is 2. The molecule has 2 heterocycles. The quantitative estimate of drug-likeness (QED) is 0.0501. The molecule has 0 amide bonds. The van der Waals surface area contributed by atoms with Crippen molar-refractivity contribution < 1.29 is 46.7 Å². The van der Waals surface area contributed by atoms with E-state index >= 15 is 0 Å². The molecule has 0 unspecified atom stereocenters. The van der Waals surface area contributed by atoms with Crippen molar-refractivity contribution in [2.24, 2.45) is 20.5 Å². The number of hydrogen-bond acceptors (Lipinski definition) is 15. The van der Waals surface area contributed by atoms with Gasteiger partial charge in [-0.1, -0.05) is 26.7 Å². The van der Waals surface area contributed by atoms with Gasteiger partial charge in [0.15, 0.2) is 5.69 Å². The van der Waals surface area contributed by atoms with Crippen LogP contribution in [-0.4, -0.2) is 41.4 Å². The zero-order chi connectivity index (χ0) is 41.0. The van der Waals surface area contributed by atoms with Gasteiger partial charge in [-0.05, 0) is 44.4 Å². The molecule has 3 N–H and O–H groups in total. The molecule has 21 heteroatoms. The molecule has 0 atom stereocenters. The number of hydrogen-bond donors (Lipinski definition) is 3. The van der Waals surface area contributed by atoms with Gasteiger partial charge in [0, 0.05) is 59.7 Å². The SMILES string of the molecule is CCCCn1c(OC)c(N=Nc2cc([N+](=O)[O-])ccc2O)c(C)c(C#N)c1=O.[C-]#[N+]c1c(C)c(N=Nc2cc([N+](=O)[O-])ccc2O)c(O)n(CCCC)c1=O.[Co]. The van der Waals surface area contributed by atoms with Crippen molar-refractivity contribution >= 4 is 39.8 Å². The fraction of sp³-hybridized carbons (Fsp3) is 0.314. The second-order valence-electron chi connectivity index (χ2n) is 11.6. The fourth-order valence-corrected chi connectivity index (χ4v) is 4.96. The van der Waals surface area contributed by atoms with Gasteiger partial charge >= 0.3 is 0 Å². The number of phenolic OH excluding ortho intramolecular Hbond substituents is 2. The molecule has 0 aliphatic rings. The Labute approximate surface area is 329 Å². The van der Waals surface area contributed by atoms with Crippen LogP contribution in [0.3, 0.4) is 0 Å². The van der Waals surface area contributed by atoms with Crippen LogP contribution in [0, 0.1) is 52.0 Å². The van der Waals surface area contributed by atoms with E-state index in [0.29, 0.717) is 19.4 Å². The van der Waals surface area contributed by atoms with Gasteiger partial charge in [0.1, 0.15) is 40.2 Å². The van der Waals surface area contributed by atoms with Crippen LogP contribution < -0.4 is 15.9 Å². The first-order valence-corrected chi connectivity index (χ1v) is 16.5. The molecule has 0 saturated heterocycles. The van der Waals surface area contributed by atoms with Crippen molar-refractivity contribution in [1.82, 2.24) is 9.13 Å². The summed E-state index contributed by atoms with van der Waals surface area (Å²) in [5.74, 6) is -0.965. The van der Waals surface area contributed by atoms with Gasteiger partial charge in [0.2, 0.25) is 11.8 Å². The van der Waals surface area contributed by atoms with Gasteiger partial charge in [-0.25, -0.2) is 4.85 Å². The predicted octanol–water partition coefficient (Wildman–Crippen LogP) is 8.11. The third-order valence-electron chi connectivity index (χ3n) is 8.01. The number of phenols is 2. The van der Waals surface area contributed by atoms with Crippen LogP contribution in [0.2, 0.25) is 0 Å². The van der Waals surface area contributed by atoms with Gasteiger partial charge in [-0.15, -0.1) is 20.5 Å². The molecule has 2 aromatic heterocycles. The van der Waals surface area contributed by atoms with Gasteiger partial charge in [-0.2, -0.15) is 5.26 Å². The molecule has 2 aromatic carbocycles. The molecule has 0 fully saturated rings. The van der Waals surface area contributed by atoms with E-state index < -0.39 is 26.8 Å². The molecule has 0 aliphatic heterocycles. The number of nitro benzene ring substituents is 2. The molecule has 0 spiro atoms. The largest absolute Gasteiger partial charge is 0.506 e. The molecule has 0 aliphatic carbocycles. The maximum atomic E-state index is 12.6. The molecule has 56 heavy (non-hydrogen) atoms. The van der Waals surface area contributed by atoms with Gasteiger partial charge in [0.25, 0.3) is 28.2 Å². The Hall–Kier alpha value is -6.97. The number of aromatic hydroxyl groups is 3. The topological polar surface area (TPSA) is 278 Å². The monoisotopic (exact) mass is 815 g/mol. The van der Waals surface area contributed by atoms with Crippen LogP contribution in [0.5, 0.6) is 23.3 Å². The molecule has 20 nitrogen and oxygen atoms in total. The Kier molecular flexibility index (Phi) is 16.5. The molecular formula is C35H36CoN10O10. The number of rotatable bonds is 13. The first-order chi connectivity index (χ1) is 26.2. The van der Waals surface area contributed by atoms with Crippen molar-refractivity contribution in [2.75, 3.05) is 7.11 Å². The predicted molar refractivity (Wildman–Crippen MR) is 198 cm³/mol. The maximum absolute atomic E-state index is 12.6. The number of non-ortho nitro benzene ring substituents is 2. The zero-order valence-corrected chi connectivity index (χ0v) is 31.8. The Balaban J connectivity index is 0.000000380. The Morgan fingerprint density at radius 3 is 1.73 bits per heavy atom. The first-order valence-electron chi connectivity index (χ1n) is 16.5. The van der Waals surface area contributed by atoms with E-state index in [-0.39, 0.29) is 97.2 Å². The van der Waals surface area contributed by atoms with E-state index in [0.717, 1.165) is 53.8 Å². The second-order valence-corrected chi connectivity index (χ2v) is 11.6. The van der Waals surface area contributed by atoms with Crippen molar-refractivity contribution in [1.29, 1.82) is 5.26 Å². The number of nitro groups is 2. The van der Waals surface area contributed by atoms with Crippen LogP contribution in [0.25, 0.3) is 4.85 Å². The summed E-state index contributed by atoms with van der Waals surface area (Å²) >= 11 is 0. The van der Waals surface area contributed by atoms with E-state index in [1.165, 1.54) is 25.5 Å². The van der Waals surface area contributed by atoms with Crippen molar-refractivity contribution in [3.8, 4) is 29.3 Å². The summed E-state index contributed by atoms with van der Waals surface area (Å²) in [5, 5.41) is 76.8. The second kappa shape index (κ2) is 20.5. The van der Waals surface area contributed by atoms with Crippen molar-refractivity contribution in [2.45, 2.75) is 66.5 Å². The maximum Gasteiger partial charge on any atom is 0.271 e. The van der Waals surface area contributed by atoms with E-state index in [9.17, 15) is 50.4 Å². The summed E-state index contributed by atoms with van der Waals surface area (Å²) in [6, 6.07) is 8.46. The summed E-state index contributed by atoms with van der Waals surface area (Å²) in [6.45, 7) is 14.6. The number of pyridine rings is 2. The van der Waals surface area contributed by atoms with Crippen LogP contribution in [0.15, 0.2) is 66.4 Å². The molecule has 0 bridgehead atoms. The third kappa shape index (κ3) is 10.2. The fourth-order valence-electron chi connectivity index (χ4n) is 4.96. The molecule has 4 aromatic rings. The first kappa shape index (κ1) is 45.2. The minimum absolute atomic E-state index is 0. The smallest absolute Gasteiger partial charge is 0.271 e. The van der Waals surface area contributed by atoms with Crippen LogP contribution >= 0.6 is 0 Å². The minimum Gasteiger partial charge on any atom is -0.506 e. The number of aromatic nitrogens is 2. The molecule has 295 valence electrons. The molecule has 1 radical (unpaired) electrons. The number of ether oxygens (including phenoxy) is 1. The standard InChI is InChI=1S/C18H19N5O5.C17H17N5O5.Co/c1-4-5-8-22-17(25)13(10-19)11(2)16(18(22)28-3)21-20-14-9-12(23(26)27)6-7-15(14)24;1-4-5-8-21-16(24)14(18-3)10(2)15(17(21)25)20-19-12-9-11(22(26)27)6-7-13(12)23;/h6-7,9,24H,4-5,8H2,1-3H3;6-7,9,23,25H,4-5,8H2,1-2H3;. The zero-order valence-electron chi connectivity index (χ0n) is 30.7. The number of azo groups is 2. The Morgan fingerprint density at radius 2 is 1.30 bits per heavy atom. The Morgan fingerprint density at radius 1 is 0.821 bits per heavy atom. The summed E-state index contributed by atoms with van der Waals surface area (Å²) < 4.78 is 7.71. The third-order valence-corrected chi connectivity index (χ3v) is 8.01. The van der Waals surface area contributed by atoms with Crippen molar-refractivity contribution in [3.63, 3.8) is 0 Å². The summed E-state index contributed by atoms with van der Waals surface area (Å²) in [4.78, 5) is 48.6.